The lowest BCUT2D eigenvalue weighted by Crippen LogP contribution is -2.36. The second-order valence-electron chi connectivity index (χ2n) is 5.47. The van der Waals surface area contributed by atoms with Crippen LogP contribution in [-0.4, -0.2) is 24.0 Å². The molecule has 0 saturated carbocycles. The van der Waals surface area contributed by atoms with Crippen LogP contribution in [0.5, 0.6) is 0 Å². The van der Waals surface area contributed by atoms with Crippen LogP contribution in [0.15, 0.2) is 0 Å². The third-order valence-electron chi connectivity index (χ3n) is 3.34. The van der Waals surface area contributed by atoms with Crippen LogP contribution in [0, 0.1) is 0 Å². The first kappa shape index (κ1) is 17.4. The van der Waals surface area contributed by atoms with E-state index >= 15 is 0 Å². The van der Waals surface area contributed by atoms with Crippen LogP contribution >= 0.6 is 0 Å². The second-order valence-corrected chi connectivity index (χ2v) is 14.4. The molecule has 0 aromatic carbocycles. The Hall–Kier alpha value is 0.394. The van der Waals surface area contributed by atoms with Crippen LogP contribution in [0.4, 0.5) is 0 Å². The average molecular weight is 273 g/mol. The standard InChI is InChI=1S/C14H32OSi2/c1-5-6-7-8-9-10-11-12-13-14-16-17(3,4)15-2/h5-14H2,1-4H3. The van der Waals surface area contributed by atoms with Crippen molar-refractivity contribution < 1.29 is 4.43 Å². The topological polar surface area (TPSA) is 9.23 Å². The Morgan fingerprint density at radius 3 is 1.76 bits per heavy atom. The fourth-order valence-electron chi connectivity index (χ4n) is 1.90. The van der Waals surface area contributed by atoms with E-state index in [-0.39, 0.29) is 0 Å². The monoisotopic (exact) mass is 272 g/mol. The molecule has 0 unspecified atom stereocenters. The van der Waals surface area contributed by atoms with E-state index in [1.807, 2.05) is 7.11 Å². The van der Waals surface area contributed by atoms with E-state index in [9.17, 15) is 0 Å². The highest BCUT2D eigenvalue weighted by molar-refractivity contribution is 7.20. The predicted octanol–water partition coefficient (Wildman–Crippen LogP) is 4.99. The van der Waals surface area contributed by atoms with Crippen LogP contribution in [-0.2, 0) is 4.43 Å². The smallest absolute Gasteiger partial charge is 0.168 e. The fraction of sp³-hybridized carbons (Fsp3) is 1.00. The predicted molar refractivity (Wildman–Crippen MR) is 82.3 cm³/mol. The summed E-state index contributed by atoms with van der Waals surface area (Å²) < 4.78 is 5.57. The first-order valence-electron chi connectivity index (χ1n) is 7.42. The molecule has 0 heterocycles. The van der Waals surface area contributed by atoms with Gasteiger partial charge >= 0.3 is 0 Å². The molecule has 0 aliphatic rings. The first-order valence-corrected chi connectivity index (χ1v) is 12.5. The van der Waals surface area contributed by atoms with Crippen molar-refractivity contribution in [3.8, 4) is 0 Å². The molecule has 2 radical (unpaired) electrons. The molecular weight excluding hydrogens is 240 g/mol. The summed E-state index contributed by atoms with van der Waals surface area (Å²) in [6, 6.07) is 1.41. The largest absolute Gasteiger partial charge is 0.424 e. The lowest BCUT2D eigenvalue weighted by Gasteiger charge is -2.18. The summed E-state index contributed by atoms with van der Waals surface area (Å²) in [4.78, 5) is 0. The van der Waals surface area contributed by atoms with E-state index < -0.39 is 7.83 Å². The molecule has 0 rings (SSSR count). The first-order chi connectivity index (χ1) is 8.12. The molecule has 0 aromatic rings. The van der Waals surface area contributed by atoms with E-state index in [4.69, 9.17) is 4.43 Å². The van der Waals surface area contributed by atoms with Crippen molar-refractivity contribution in [3.63, 3.8) is 0 Å². The minimum absolute atomic E-state index is 1.09. The minimum atomic E-state index is -1.24. The molecule has 0 amide bonds. The molecule has 0 bridgehead atoms. The number of rotatable bonds is 12. The van der Waals surface area contributed by atoms with Crippen LogP contribution in [0.25, 0.3) is 0 Å². The van der Waals surface area contributed by atoms with Crippen molar-refractivity contribution in [1.82, 2.24) is 0 Å². The van der Waals surface area contributed by atoms with Crippen molar-refractivity contribution in [3.05, 3.63) is 0 Å². The van der Waals surface area contributed by atoms with Crippen molar-refractivity contribution in [1.29, 1.82) is 0 Å². The van der Waals surface area contributed by atoms with Gasteiger partial charge in [-0.1, -0.05) is 70.8 Å². The van der Waals surface area contributed by atoms with Crippen molar-refractivity contribution >= 4 is 16.9 Å². The zero-order valence-corrected chi connectivity index (χ0v) is 14.5. The molecule has 0 N–H and O–H groups in total. The van der Waals surface area contributed by atoms with Crippen LogP contribution in [0.2, 0.25) is 19.1 Å². The molecule has 0 saturated heterocycles. The zero-order chi connectivity index (χ0) is 13.0. The maximum absolute atomic E-state index is 5.57. The third kappa shape index (κ3) is 12.6. The zero-order valence-electron chi connectivity index (χ0n) is 12.5. The maximum atomic E-state index is 5.57. The van der Waals surface area contributed by atoms with Gasteiger partial charge in [0.15, 0.2) is 7.83 Å². The average Bonchev–Trinajstić information content (AvgIpc) is 2.31. The Morgan fingerprint density at radius 1 is 0.824 bits per heavy atom. The summed E-state index contributed by atoms with van der Waals surface area (Å²) in [5.74, 6) is 0. The summed E-state index contributed by atoms with van der Waals surface area (Å²) in [6.45, 7) is 6.95. The van der Waals surface area contributed by atoms with E-state index in [0.717, 1.165) is 9.04 Å². The van der Waals surface area contributed by atoms with E-state index in [0.29, 0.717) is 0 Å². The Kier molecular flexibility index (Phi) is 11.7. The maximum Gasteiger partial charge on any atom is 0.168 e. The number of hydrogen-bond acceptors (Lipinski definition) is 1. The van der Waals surface area contributed by atoms with Crippen LogP contribution in [0.1, 0.15) is 64.7 Å². The SMILES string of the molecule is CCCCCCCCCCC[Si][Si](C)(C)OC. The van der Waals surface area contributed by atoms with E-state index in [2.05, 4.69) is 20.0 Å². The van der Waals surface area contributed by atoms with Gasteiger partial charge in [-0.3, -0.25) is 0 Å². The molecule has 102 valence electrons. The summed E-state index contributed by atoms with van der Waals surface area (Å²) in [5, 5.41) is 0. The number of unbranched alkanes of at least 4 members (excludes halogenated alkanes) is 8. The Bertz CT molecular complexity index is 160. The van der Waals surface area contributed by atoms with Gasteiger partial charge in [0.05, 0.1) is 9.04 Å². The van der Waals surface area contributed by atoms with Gasteiger partial charge in [0.1, 0.15) is 0 Å². The molecule has 1 nitrogen and oxygen atoms in total. The van der Waals surface area contributed by atoms with Crippen molar-refractivity contribution in [2.75, 3.05) is 7.11 Å². The summed E-state index contributed by atoms with van der Waals surface area (Å²) in [5.41, 5.74) is 0. The molecule has 17 heavy (non-hydrogen) atoms. The molecule has 0 aromatic heterocycles. The van der Waals surface area contributed by atoms with Gasteiger partial charge in [-0.05, 0) is 13.1 Å². The highest BCUT2D eigenvalue weighted by atomic mass is 29.2. The van der Waals surface area contributed by atoms with Gasteiger partial charge in [0.2, 0.25) is 0 Å². The molecule has 0 fully saturated rings. The summed E-state index contributed by atoms with van der Waals surface area (Å²) in [7, 11) is 1.73. The molecule has 0 aliphatic heterocycles. The molecule has 0 atom stereocenters. The van der Waals surface area contributed by atoms with Crippen molar-refractivity contribution in [2.24, 2.45) is 0 Å². The van der Waals surface area contributed by atoms with Crippen molar-refractivity contribution in [2.45, 2.75) is 83.8 Å². The Balaban J connectivity index is 3.09. The molecular formula is C14H32OSi2. The fourth-order valence-corrected chi connectivity index (χ4v) is 5.84. The van der Waals surface area contributed by atoms with Crippen LogP contribution < -0.4 is 0 Å². The van der Waals surface area contributed by atoms with Gasteiger partial charge in [-0.15, -0.1) is 0 Å². The lowest BCUT2D eigenvalue weighted by atomic mass is 10.1. The number of hydrogen-bond donors (Lipinski definition) is 0. The van der Waals surface area contributed by atoms with Gasteiger partial charge in [0, 0.05) is 7.11 Å². The Labute approximate surface area is 112 Å². The molecule has 0 aliphatic carbocycles. The van der Waals surface area contributed by atoms with E-state index in [1.165, 1.54) is 63.8 Å². The van der Waals surface area contributed by atoms with Crippen LogP contribution in [0.3, 0.4) is 0 Å². The summed E-state index contributed by atoms with van der Waals surface area (Å²) >= 11 is 0. The Morgan fingerprint density at radius 2 is 1.29 bits per heavy atom. The quantitative estimate of drug-likeness (QED) is 0.359. The molecule has 3 heteroatoms. The highest BCUT2D eigenvalue weighted by Gasteiger charge is 2.19. The van der Waals surface area contributed by atoms with Gasteiger partial charge in [-0.2, -0.15) is 0 Å². The minimum Gasteiger partial charge on any atom is -0.424 e. The van der Waals surface area contributed by atoms with Gasteiger partial charge in [0.25, 0.3) is 0 Å². The molecule has 0 spiro atoms. The van der Waals surface area contributed by atoms with Gasteiger partial charge < -0.3 is 4.43 Å². The van der Waals surface area contributed by atoms with Gasteiger partial charge in [-0.25, -0.2) is 0 Å². The summed E-state index contributed by atoms with van der Waals surface area (Å²) in [6.07, 6.45) is 12.9. The normalized spacial score (nSPS) is 12.0. The lowest BCUT2D eigenvalue weighted by molar-refractivity contribution is 0.421. The highest BCUT2D eigenvalue weighted by Crippen LogP contribution is 2.12. The van der Waals surface area contributed by atoms with E-state index in [1.54, 1.807) is 0 Å². The third-order valence-corrected chi connectivity index (χ3v) is 9.73. The second kappa shape index (κ2) is 11.5.